The van der Waals surface area contributed by atoms with Gasteiger partial charge in [-0.15, -0.1) is 22.7 Å². The fourth-order valence-corrected chi connectivity index (χ4v) is 7.91. The molecule has 0 N–H and O–H groups in total. The minimum absolute atomic E-state index is 0.229. The first-order valence-electron chi connectivity index (χ1n) is 19.1. The molecule has 2 saturated heterocycles. The summed E-state index contributed by atoms with van der Waals surface area (Å²) in [5.41, 5.74) is 5.37. The minimum Gasteiger partial charge on any atom is -0.494 e. The highest BCUT2D eigenvalue weighted by atomic mass is 32.1. The molecule has 0 spiro atoms. The van der Waals surface area contributed by atoms with Crippen LogP contribution in [-0.2, 0) is 22.7 Å². The lowest BCUT2D eigenvalue weighted by Gasteiger charge is -2.31. The van der Waals surface area contributed by atoms with Gasteiger partial charge in [0, 0.05) is 61.7 Å². The second-order valence-corrected chi connectivity index (χ2v) is 15.8. The van der Waals surface area contributed by atoms with E-state index in [4.69, 9.17) is 18.9 Å². The summed E-state index contributed by atoms with van der Waals surface area (Å²) in [6.45, 7) is 4.92. The van der Waals surface area contributed by atoms with Crippen molar-refractivity contribution in [2.75, 3.05) is 39.4 Å². The van der Waals surface area contributed by atoms with Gasteiger partial charge in [0.2, 0.25) is 0 Å². The lowest BCUT2D eigenvalue weighted by molar-refractivity contribution is 0.0800. The maximum absolute atomic E-state index is 12.2. The number of fused-ring (bicyclic) bond motifs is 2. The zero-order valence-electron chi connectivity index (χ0n) is 31.2. The van der Waals surface area contributed by atoms with E-state index >= 15 is 0 Å². The number of hydrogen-bond acceptors (Lipinski definition) is 12. The summed E-state index contributed by atoms with van der Waals surface area (Å²) < 4.78 is 22.7. The molecule has 0 aliphatic carbocycles. The Morgan fingerprint density at radius 2 is 1.23 bits per heavy atom. The molecule has 6 heterocycles. The second-order valence-electron chi connectivity index (χ2n) is 13.9. The minimum atomic E-state index is -0.232. The van der Waals surface area contributed by atoms with Crippen LogP contribution < -0.4 is 9.47 Å². The van der Waals surface area contributed by atoms with E-state index in [-0.39, 0.29) is 12.2 Å². The summed E-state index contributed by atoms with van der Waals surface area (Å²) in [6.07, 6.45) is 12.5. The number of hydrogen-bond donors (Lipinski definition) is 0. The molecule has 0 unspecified atom stereocenters. The van der Waals surface area contributed by atoms with Crippen LogP contribution in [0, 0.1) is 11.8 Å². The molecule has 2 aliphatic heterocycles. The van der Waals surface area contributed by atoms with Crippen molar-refractivity contribution in [3.05, 3.63) is 106 Å². The molecule has 6 aromatic rings. The number of benzene rings is 2. The van der Waals surface area contributed by atoms with Gasteiger partial charge in [-0.3, -0.25) is 19.9 Å². The molecule has 2 aromatic carbocycles. The lowest BCUT2D eigenvalue weighted by Crippen LogP contribution is -2.39. The Morgan fingerprint density at radius 3 is 1.84 bits per heavy atom. The predicted octanol–water partition coefficient (Wildman–Crippen LogP) is 9.02. The summed E-state index contributed by atoms with van der Waals surface area (Å²) >= 11 is 2.99. The summed E-state index contributed by atoms with van der Waals surface area (Å²) in [6, 6.07) is 19.9. The van der Waals surface area contributed by atoms with Crippen molar-refractivity contribution in [3.63, 3.8) is 0 Å². The van der Waals surface area contributed by atoms with E-state index in [9.17, 15) is 9.59 Å². The number of rotatable bonds is 12. The molecule has 0 saturated carbocycles. The van der Waals surface area contributed by atoms with Crippen LogP contribution in [0.2, 0.25) is 0 Å². The van der Waals surface area contributed by atoms with E-state index in [0.717, 1.165) is 108 Å². The van der Waals surface area contributed by atoms with E-state index in [1.807, 2.05) is 60.7 Å². The van der Waals surface area contributed by atoms with Gasteiger partial charge in [0.15, 0.2) is 0 Å². The molecule has 8 rings (SSSR count). The van der Waals surface area contributed by atoms with Crippen molar-refractivity contribution in [1.82, 2.24) is 29.7 Å². The van der Waals surface area contributed by atoms with Crippen LogP contribution >= 0.6 is 22.7 Å². The van der Waals surface area contributed by atoms with Crippen LogP contribution in [0.3, 0.4) is 0 Å². The van der Waals surface area contributed by atoms with Crippen LogP contribution in [0.4, 0.5) is 9.59 Å². The number of nitrogens with zero attached hydrogens (tertiary/aromatic N) is 6. The van der Waals surface area contributed by atoms with E-state index in [1.54, 1.807) is 45.6 Å². The first kappa shape index (κ1) is 38.9. The van der Waals surface area contributed by atoms with Crippen molar-refractivity contribution in [2.45, 2.75) is 51.7 Å². The monoisotopic (exact) mass is 794 g/mol. The van der Waals surface area contributed by atoms with Crippen LogP contribution in [0.5, 0.6) is 11.5 Å². The SMILES string of the molecule is O=C(OCc1cncs1)N1CCC(CCOc2ccc3ncccc3c2)CC1.O=C(OCc1cncs1)N1CCC(CCOc2cccc3cccnc23)CC1. The lowest BCUT2D eigenvalue weighted by atomic mass is 9.94. The van der Waals surface area contributed by atoms with Gasteiger partial charge in [-0.05, 0) is 86.8 Å². The average molecular weight is 795 g/mol. The Labute approximate surface area is 334 Å². The van der Waals surface area contributed by atoms with Gasteiger partial charge in [0.1, 0.15) is 30.2 Å². The van der Waals surface area contributed by atoms with Gasteiger partial charge in [-0.1, -0.05) is 24.3 Å². The molecule has 0 radical (unpaired) electrons. The maximum Gasteiger partial charge on any atom is 0.410 e. The molecular weight excluding hydrogens is 749 g/mol. The maximum atomic E-state index is 12.2. The van der Waals surface area contributed by atoms with Crippen molar-refractivity contribution in [2.24, 2.45) is 11.8 Å². The Hall–Kier alpha value is -5.34. The molecule has 14 heteroatoms. The van der Waals surface area contributed by atoms with E-state index in [1.165, 1.54) is 22.7 Å². The molecule has 2 fully saturated rings. The van der Waals surface area contributed by atoms with Gasteiger partial charge in [0.05, 0.1) is 39.5 Å². The number of carbonyl (C=O) groups is 2. The number of piperidine rings is 2. The van der Waals surface area contributed by atoms with Crippen LogP contribution in [0.1, 0.15) is 48.3 Å². The van der Waals surface area contributed by atoms with Crippen molar-refractivity contribution >= 4 is 56.7 Å². The van der Waals surface area contributed by atoms with Crippen LogP contribution in [-0.4, -0.2) is 81.3 Å². The fraction of sp³-hybridized carbons (Fsp3) is 0.381. The highest BCUT2D eigenvalue weighted by Gasteiger charge is 2.25. The van der Waals surface area contributed by atoms with Gasteiger partial charge in [-0.25, -0.2) is 9.59 Å². The Bertz CT molecular complexity index is 2110. The Balaban J connectivity index is 0.000000172. The molecular formula is C42H46N6O6S2. The average Bonchev–Trinajstić information content (AvgIpc) is 3.98. The summed E-state index contributed by atoms with van der Waals surface area (Å²) in [7, 11) is 0. The highest BCUT2D eigenvalue weighted by molar-refractivity contribution is 7.09. The molecule has 4 aromatic heterocycles. The van der Waals surface area contributed by atoms with Crippen molar-refractivity contribution in [1.29, 1.82) is 0 Å². The number of likely N-dealkylation sites (tertiary alicyclic amines) is 2. The first-order valence-corrected chi connectivity index (χ1v) is 20.9. The molecule has 2 aliphatic rings. The third-order valence-electron chi connectivity index (χ3n) is 10.1. The fourth-order valence-electron chi connectivity index (χ4n) is 6.90. The highest BCUT2D eigenvalue weighted by Crippen LogP contribution is 2.27. The van der Waals surface area contributed by atoms with Gasteiger partial charge >= 0.3 is 12.2 Å². The molecule has 292 valence electrons. The predicted molar refractivity (Wildman–Crippen MR) is 217 cm³/mol. The summed E-state index contributed by atoms with van der Waals surface area (Å²) in [5.74, 6) is 2.85. The first-order chi connectivity index (χ1) is 27.6. The smallest absolute Gasteiger partial charge is 0.410 e. The molecule has 12 nitrogen and oxygen atoms in total. The number of aromatic nitrogens is 4. The van der Waals surface area contributed by atoms with E-state index in [0.29, 0.717) is 38.3 Å². The number of para-hydroxylation sites is 1. The van der Waals surface area contributed by atoms with Crippen LogP contribution in [0.25, 0.3) is 21.8 Å². The standard InChI is InChI=1S/2C21H23N3O3S/c25-21(27-14-18-13-22-15-28-18)24-10-6-16(7-11-24)8-12-26-19-5-1-3-17-4-2-9-23-20(17)19;25-21(27-14-19-13-22-15-28-19)24-9-5-16(6-10-24)7-11-26-18-3-4-20-17(12-18)2-1-8-23-20/h1-5,9,13,15-16H,6-8,10-12,14H2;1-4,8,12-13,15-16H,5-7,9-11,14H2. The Morgan fingerprint density at radius 1 is 0.661 bits per heavy atom. The third-order valence-corrected chi connectivity index (χ3v) is 11.6. The number of pyridine rings is 2. The molecule has 0 atom stereocenters. The summed E-state index contributed by atoms with van der Waals surface area (Å²) in [4.78, 5) is 46.6. The number of carbonyl (C=O) groups excluding carboxylic acids is 2. The molecule has 0 bridgehead atoms. The molecule has 2 amide bonds. The van der Waals surface area contributed by atoms with Gasteiger partial charge < -0.3 is 28.7 Å². The molecule has 56 heavy (non-hydrogen) atoms. The quantitative estimate of drug-likeness (QED) is 0.118. The number of amides is 2. The zero-order valence-corrected chi connectivity index (χ0v) is 32.9. The normalized spacial score (nSPS) is 14.9. The van der Waals surface area contributed by atoms with Crippen LogP contribution in [0.15, 0.2) is 96.5 Å². The number of ether oxygens (including phenoxy) is 4. The van der Waals surface area contributed by atoms with Gasteiger partial charge in [0.25, 0.3) is 0 Å². The largest absolute Gasteiger partial charge is 0.494 e. The third kappa shape index (κ3) is 11.1. The Kier molecular flexibility index (Phi) is 13.9. The second kappa shape index (κ2) is 20.0. The van der Waals surface area contributed by atoms with E-state index < -0.39 is 0 Å². The van der Waals surface area contributed by atoms with Gasteiger partial charge in [-0.2, -0.15) is 0 Å². The topological polar surface area (TPSA) is 129 Å². The summed E-state index contributed by atoms with van der Waals surface area (Å²) in [5, 5.41) is 2.18. The zero-order chi connectivity index (χ0) is 38.4. The van der Waals surface area contributed by atoms with E-state index in [2.05, 4.69) is 19.9 Å². The number of thiazole rings is 2. The van der Waals surface area contributed by atoms with Crippen molar-refractivity contribution in [3.8, 4) is 11.5 Å². The van der Waals surface area contributed by atoms with Crippen molar-refractivity contribution < 1.29 is 28.5 Å².